The zero-order chi connectivity index (χ0) is 27.1. The second-order valence-corrected chi connectivity index (χ2v) is 9.39. The van der Waals surface area contributed by atoms with Crippen molar-refractivity contribution in [3.8, 4) is 5.88 Å². The molecule has 0 aliphatic carbocycles. The minimum Gasteiger partial charge on any atom is -0.503 e. The molecular weight excluding hydrogens is 549 g/mol. The Kier molecular flexibility index (Phi) is 10.4. The van der Waals surface area contributed by atoms with Crippen LogP contribution >= 0.6 is 15.9 Å². The van der Waals surface area contributed by atoms with Crippen molar-refractivity contribution in [2.75, 3.05) is 27.9 Å². The summed E-state index contributed by atoms with van der Waals surface area (Å²) in [5.41, 5.74) is -0.608. The summed E-state index contributed by atoms with van der Waals surface area (Å²) in [6.45, 7) is 5.42. The van der Waals surface area contributed by atoms with E-state index in [2.05, 4.69) is 21.0 Å². The molecule has 36 heavy (non-hydrogen) atoms. The van der Waals surface area contributed by atoms with Crippen molar-refractivity contribution in [2.24, 2.45) is 0 Å². The van der Waals surface area contributed by atoms with Crippen molar-refractivity contribution in [2.45, 2.75) is 51.8 Å². The summed E-state index contributed by atoms with van der Waals surface area (Å²) in [5.74, 6) is -1.29. The van der Waals surface area contributed by atoms with Crippen LogP contribution in [0.3, 0.4) is 0 Å². The number of benzene rings is 1. The molecule has 0 bridgehead atoms. The van der Waals surface area contributed by atoms with Crippen LogP contribution in [0.1, 0.15) is 37.5 Å². The highest BCUT2D eigenvalue weighted by Crippen LogP contribution is 2.41. The van der Waals surface area contributed by atoms with Gasteiger partial charge in [0.05, 0.1) is 39.2 Å². The van der Waals surface area contributed by atoms with Crippen molar-refractivity contribution < 1.29 is 41.7 Å². The van der Waals surface area contributed by atoms with Gasteiger partial charge in [-0.1, -0.05) is 24.3 Å². The van der Waals surface area contributed by atoms with Crippen molar-refractivity contribution in [3.63, 3.8) is 0 Å². The number of methoxy groups -OCH3 is 3. The van der Waals surface area contributed by atoms with Crippen LogP contribution in [0.15, 0.2) is 35.1 Å². The van der Waals surface area contributed by atoms with E-state index in [4.69, 9.17) is 23.7 Å². The molecule has 8 nitrogen and oxygen atoms in total. The second-order valence-electron chi connectivity index (χ2n) is 8.64. The zero-order valence-electron chi connectivity index (χ0n) is 20.9. The lowest BCUT2D eigenvalue weighted by atomic mass is 10.0. The third-order valence-electron chi connectivity index (χ3n) is 4.87. The van der Waals surface area contributed by atoms with Gasteiger partial charge in [-0.2, -0.15) is 13.2 Å². The van der Waals surface area contributed by atoms with Crippen LogP contribution in [0, 0.1) is 0 Å². The second kappa shape index (κ2) is 12.6. The third-order valence-corrected chi connectivity index (χ3v) is 5.67. The molecule has 1 unspecified atom stereocenters. The summed E-state index contributed by atoms with van der Waals surface area (Å²) in [4.78, 5) is 12.2. The number of carbonyl (C=O) groups is 1. The van der Waals surface area contributed by atoms with E-state index in [0.717, 1.165) is 4.68 Å². The minimum atomic E-state index is -4.75. The van der Waals surface area contributed by atoms with Gasteiger partial charge in [0.2, 0.25) is 5.88 Å². The van der Waals surface area contributed by atoms with Crippen LogP contribution in [-0.2, 0) is 43.1 Å². The lowest BCUT2D eigenvalue weighted by Gasteiger charge is -2.23. The number of nitrogens with zero attached hydrogens (tertiary/aromatic N) is 2. The van der Waals surface area contributed by atoms with Gasteiger partial charge in [-0.15, -0.1) is 5.10 Å². The number of halogens is 4. The predicted molar refractivity (Wildman–Crippen MR) is 129 cm³/mol. The summed E-state index contributed by atoms with van der Waals surface area (Å²) >= 11 is 3.02. The van der Waals surface area contributed by atoms with Crippen LogP contribution < -0.4 is 4.74 Å². The Morgan fingerprint density at radius 1 is 1.17 bits per heavy atom. The van der Waals surface area contributed by atoms with Gasteiger partial charge in [-0.3, -0.25) is 4.68 Å². The number of esters is 1. The molecule has 200 valence electrons. The molecule has 1 atom stereocenters. The first kappa shape index (κ1) is 29.7. The highest BCUT2D eigenvalue weighted by Gasteiger charge is 2.41. The average molecular weight is 579 g/mol. The van der Waals surface area contributed by atoms with E-state index in [0.29, 0.717) is 11.1 Å². The van der Waals surface area contributed by atoms with E-state index in [1.807, 2.05) is 20.8 Å². The first-order chi connectivity index (χ1) is 16.8. The van der Waals surface area contributed by atoms with Gasteiger partial charge in [0.25, 0.3) is 0 Å². The van der Waals surface area contributed by atoms with Crippen LogP contribution in [0.25, 0.3) is 5.57 Å². The van der Waals surface area contributed by atoms with E-state index in [1.165, 1.54) is 27.6 Å². The number of ether oxygens (including phenoxy) is 5. The molecule has 0 saturated heterocycles. The smallest absolute Gasteiger partial charge is 0.424 e. The molecule has 2 rings (SSSR count). The Bertz CT molecular complexity index is 1060. The fourth-order valence-electron chi connectivity index (χ4n) is 3.12. The highest BCUT2D eigenvalue weighted by atomic mass is 79.9. The molecule has 1 heterocycles. The van der Waals surface area contributed by atoms with E-state index >= 15 is 0 Å². The highest BCUT2D eigenvalue weighted by molar-refractivity contribution is 9.10. The number of rotatable bonds is 11. The molecule has 0 saturated carbocycles. The fourth-order valence-corrected chi connectivity index (χ4v) is 3.74. The fraction of sp³-hybridized carbons (Fsp3) is 0.500. The molecular formula is C24H30BrF3N2O6. The maximum Gasteiger partial charge on any atom is 0.424 e. The van der Waals surface area contributed by atoms with Crippen molar-refractivity contribution in [1.82, 2.24) is 9.78 Å². The molecule has 12 heteroatoms. The number of aromatic nitrogens is 2. The first-order valence-corrected chi connectivity index (χ1v) is 11.6. The molecule has 2 aromatic rings. The summed E-state index contributed by atoms with van der Waals surface area (Å²) in [6, 6.07) is 6.56. The number of alkyl halides is 3. The SMILES string of the molecule is CO/C=C(/C(=O)OC)c1ccccc1COc1nn(CC(COC(C)(C)C)OC)c(Br)c1C(F)(F)F. The van der Waals surface area contributed by atoms with Crippen molar-refractivity contribution in [3.05, 3.63) is 51.8 Å². The van der Waals surface area contributed by atoms with Crippen LogP contribution in [0.2, 0.25) is 0 Å². The quantitative estimate of drug-likeness (QED) is 0.205. The Balaban J connectivity index is 2.37. The lowest BCUT2D eigenvalue weighted by molar-refractivity contribution is -0.139. The maximum absolute atomic E-state index is 13.9. The van der Waals surface area contributed by atoms with Gasteiger partial charge in [0, 0.05) is 7.11 Å². The van der Waals surface area contributed by atoms with Gasteiger partial charge >= 0.3 is 12.1 Å². The summed E-state index contributed by atoms with van der Waals surface area (Å²) in [6.07, 6.45) is -4.11. The maximum atomic E-state index is 13.9. The molecule has 0 aliphatic rings. The standard InChI is InChI=1S/C24H30BrF3N2O6/c1-23(2,3)36-13-16(33-5)11-30-20(25)19(24(26,27)28)21(29-30)35-12-15-9-7-8-10-17(15)18(14-32-4)22(31)34-6/h7-10,14,16H,11-13H2,1-6H3/b18-14+. The Morgan fingerprint density at radius 2 is 1.83 bits per heavy atom. The molecule has 0 amide bonds. The molecule has 0 N–H and O–H groups in total. The van der Waals surface area contributed by atoms with Gasteiger partial charge in [-0.25, -0.2) is 4.79 Å². The number of hydrogen-bond donors (Lipinski definition) is 0. The molecule has 0 spiro atoms. The van der Waals surface area contributed by atoms with E-state index in [9.17, 15) is 18.0 Å². The minimum absolute atomic E-state index is 0.0146. The predicted octanol–water partition coefficient (Wildman–Crippen LogP) is 5.23. The van der Waals surface area contributed by atoms with Crippen molar-refractivity contribution in [1.29, 1.82) is 0 Å². The lowest BCUT2D eigenvalue weighted by Crippen LogP contribution is -2.30. The van der Waals surface area contributed by atoms with Crippen LogP contribution in [0.4, 0.5) is 13.2 Å². The van der Waals surface area contributed by atoms with E-state index in [-0.39, 0.29) is 29.9 Å². The third kappa shape index (κ3) is 7.97. The van der Waals surface area contributed by atoms with Crippen LogP contribution in [0.5, 0.6) is 5.88 Å². The van der Waals surface area contributed by atoms with E-state index in [1.54, 1.807) is 24.3 Å². The normalized spacial score (nSPS) is 13.4. The topological polar surface area (TPSA) is 81.0 Å². The van der Waals surface area contributed by atoms with Crippen LogP contribution in [-0.4, -0.2) is 55.4 Å². The molecule has 0 aliphatic heterocycles. The number of hydrogen-bond acceptors (Lipinski definition) is 7. The van der Waals surface area contributed by atoms with E-state index < -0.39 is 35.3 Å². The Hall–Kier alpha value is -2.57. The summed E-state index contributed by atoms with van der Waals surface area (Å²) in [5, 5.41) is 4.05. The summed E-state index contributed by atoms with van der Waals surface area (Å²) < 4.78 is 69.0. The van der Waals surface area contributed by atoms with Gasteiger partial charge in [-0.05, 0) is 47.8 Å². The molecule has 1 aromatic heterocycles. The van der Waals surface area contributed by atoms with Gasteiger partial charge in [0.1, 0.15) is 22.9 Å². The monoisotopic (exact) mass is 578 g/mol. The first-order valence-electron chi connectivity index (χ1n) is 10.8. The number of carbonyl (C=O) groups excluding carboxylic acids is 1. The van der Waals surface area contributed by atoms with Gasteiger partial charge < -0.3 is 23.7 Å². The largest absolute Gasteiger partial charge is 0.503 e. The molecule has 0 radical (unpaired) electrons. The molecule has 0 fully saturated rings. The van der Waals surface area contributed by atoms with Gasteiger partial charge in [0.15, 0.2) is 5.56 Å². The molecule has 1 aromatic carbocycles. The Labute approximate surface area is 216 Å². The average Bonchev–Trinajstić information content (AvgIpc) is 3.13. The Morgan fingerprint density at radius 3 is 2.39 bits per heavy atom. The zero-order valence-corrected chi connectivity index (χ0v) is 22.5. The van der Waals surface area contributed by atoms with Crippen molar-refractivity contribution >= 4 is 27.5 Å². The summed E-state index contributed by atoms with van der Waals surface area (Å²) in [7, 11) is 4.02.